The minimum Gasteiger partial charge on any atom is -0.494 e. The molecule has 0 fully saturated rings. The van der Waals surface area contributed by atoms with Crippen molar-refractivity contribution in [3.8, 4) is 5.75 Å². The first kappa shape index (κ1) is 33.4. The number of hydrogen-bond acceptors (Lipinski definition) is 6. The van der Waals surface area contributed by atoms with Crippen molar-refractivity contribution in [3.05, 3.63) is 138 Å². The highest BCUT2D eigenvalue weighted by atomic mass is 35.5. The molecule has 1 aliphatic heterocycles. The number of azide groups is 1. The molecule has 46 heavy (non-hydrogen) atoms. The molecule has 1 aliphatic rings. The lowest BCUT2D eigenvalue weighted by Crippen LogP contribution is -2.49. The number of hydrogen-bond donors (Lipinski definition) is 2. The SMILES string of the molecule is [N-]=[N+]=Nc1ccccc1C[C@@]1(C(=O)NCc2ccc(Cl)c(Cl)c2)N=C(c2ccc(OCCCO)cc2)O[C@@H]1c1ccc(Cl)cc1Cl. The van der Waals surface area contributed by atoms with Gasteiger partial charge in [-0.15, -0.1) is 0 Å². The molecule has 0 saturated carbocycles. The molecule has 0 radical (unpaired) electrons. The van der Waals surface area contributed by atoms with Crippen LogP contribution in [0.3, 0.4) is 0 Å². The van der Waals surface area contributed by atoms with E-state index in [1.54, 1.807) is 84.9 Å². The Morgan fingerprint density at radius 1 is 1.00 bits per heavy atom. The molecule has 0 saturated heterocycles. The molecular weight excluding hydrogens is 672 g/mol. The van der Waals surface area contributed by atoms with E-state index in [2.05, 4.69) is 15.3 Å². The third-order valence-corrected chi connectivity index (χ3v) is 8.62. The standard InChI is InChI=1S/C33H27Cl4N5O4/c34-23-9-12-25(27(36)17-23)30-33(18-22-4-1-2-5-29(22)41-42-38,32(44)39-19-20-6-13-26(35)28(37)16-20)40-31(46-30)21-7-10-24(11-8-21)45-15-3-14-43/h1-2,4-13,16-17,30,43H,3,14-15,18-19H2,(H,39,44)/t30-,33-/m1/s1. The lowest BCUT2D eigenvalue weighted by molar-refractivity contribution is -0.129. The molecule has 0 aliphatic carbocycles. The van der Waals surface area contributed by atoms with E-state index < -0.39 is 17.6 Å². The van der Waals surface area contributed by atoms with Gasteiger partial charge in [0.1, 0.15) is 5.75 Å². The van der Waals surface area contributed by atoms with Crippen molar-refractivity contribution in [1.82, 2.24) is 5.32 Å². The summed E-state index contributed by atoms with van der Waals surface area (Å²) in [5, 5.41) is 17.4. The number of rotatable bonds is 12. The Hall–Kier alpha value is -3.95. The summed E-state index contributed by atoms with van der Waals surface area (Å²) in [4.78, 5) is 22.5. The first-order valence-electron chi connectivity index (χ1n) is 14.1. The molecule has 4 aromatic carbocycles. The smallest absolute Gasteiger partial charge is 0.252 e. The van der Waals surface area contributed by atoms with Gasteiger partial charge in [-0.05, 0) is 65.2 Å². The molecule has 0 spiro atoms. The molecule has 4 aromatic rings. The minimum absolute atomic E-state index is 0.00905. The lowest BCUT2D eigenvalue weighted by atomic mass is 9.81. The molecule has 0 aromatic heterocycles. The van der Waals surface area contributed by atoms with E-state index in [1.165, 1.54) is 0 Å². The minimum atomic E-state index is -1.62. The molecule has 0 bridgehead atoms. The molecule has 236 valence electrons. The van der Waals surface area contributed by atoms with Gasteiger partial charge in [0.15, 0.2) is 11.6 Å². The number of aliphatic hydroxyl groups excluding tert-OH is 1. The van der Waals surface area contributed by atoms with Gasteiger partial charge in [0.05, 0.1) is 16.7 Å². The number of aliphatic hydroxyl groups is 1. The van der Waals surface area contributed by atoms with E-state index in [4.69, 9.17) is 66.0 Å². The highest BCUT2D eigenvalue weighted by Gasteiger charge is 2.54. The first-order valence-corrected chi connectivity index (χ1v) is 15.7. The monoisotopic (exact) mass is 697 g/mol. The van der Waals surface area contributed by atoms with Gasteiger partial charge >= 0.3 is 0 Å². The van der Waals surface area contributed by atoms with Crippen LogP contribution in [0.1, 0.15) is 34.8 Å². The molecule has 0 unspecified atom stereocenters. The molecule has 13 heteroatoms. The summed E-state index contributed by atoms with van der Waals surface area (Å²) in [6.45, 7) is 0.494. The van der Waals surface area contributed by atoms with Gasteiger partial charge in [0.25, 0.3) is 5.91 Å². The molecular formula is C33H27Cl4N5O4. The number of carbonyl (C=O) groups is 1. The maximum Gasteiger partial charge on any atom is 0.252 e. The highest BCUT2D eigenvalue weighted by molar-refractivity contribution is 6.42. The summed E-state index contributed by atoms with van der Waals surface area (Å²) in [5.74, 6) is 0.329. The number of aliphatic imine (C=N–C) groups is 1. The quantitative estimate of drug-likeness (QED) is 0.0663. The summed E-state index contributed by atoms with van der Waals surface area (Å²) < 4.78 is 12.2. The fourth-order valence-electron chi connectivity index (χ4n) is 5.05. The third-order valence-electron chi connectivity index (χ3n) is 7.32. The Bertz CT molecular complexity index is 1810. The summed E-state index contributed by atoms with van der Waals surface area (Å²) >= 11 is 25.3. The normalized spacial score (nSPS) is 17.1. The van der Waals surface area contributed by atoms with Crippen LogP contribution in [0.5, 0.6) is 5.75 Å². The van der Waals surface area contributed by atoms with Crippen molar-refractivity contribution in [2.45, 2.75) is 31.0 Å². The molecule has 9 nitrogen and oxygen atoms in total. The zero-order valence-corrected chi connectivity index (χ0v) is 27.2. The Morgan fingerprint density at radius 2 is 1.78 bits per heavy atom. The van der Waals surface area contributed by atoms with E-state index in [0.29, 0.717) is 61.8 Å². The second-order valence-corrected chi connectivity index (χ2v) is 12.0. The molecule has 1 heterocycles. The van der Waals surface area contributed by atoms with E-state index >= 15 is 0 Å². The van der Waals surface area contributed by atoms with Crippen LogP contribution >= 0.6 is 46.4 Å². The van der Waals surface area contributed by atoms with Gasteiger partial charge in [0.2, 0.25) is 5.90 Å². The van der Waals surface area contributed by atoms with Crippen molar-refractivity contribution in [2.75, 3.05) is 13.2 Å². The number of nitrogens with one attached hydrogen (secondary N) is 1. The highest BCUT2D eigenvalue weighted by Crippen LogP contribution is 2.46. The Morgan fingerprint density at radius 3 is 2.50 bits per heavy atom. The second-order valence-electron chi connectivity index (χ2n) is 10.4. The van der Waals surface area contributed by atoms with Gasteiger partial charge in [-0.3, -0.25) is 4.79 Å². The van der Waals surface area contributed by atoms with Crippen LogP contribution in [0, 0.1) is 0 Å². The average molecular weight is 699 g/mol. The Balaban J connectivity index is 1.62. The van der Waals surface area contributed by atoms with Gasteiger partial charge in [-0.1, -0.05) is 87.9 Å². The molecule has 2 N–H and O–H groups in total. The van der Waals surface area contributed by atoms with Crippen LogP contribution in [0.4, 0.5) is 5.69 Å². The fraction of sp³-hybridized carbons (Fsp3) is 0.212. The van der Waals surface area contributed by atoms with Crippen LogP contribution in [-0.4, -0.2) is 35.7 Å². The predicted octanol–water partition coefficient (Wildman–Crippen LogP) is 8.82. The summed E-state index contributed by atoms with van der Waals surface area (Å²) in [6.07, 6.45) is -0.524. The van der Waals surface area contributed by atoms with Gasteiger partial charge in [0, 0.05) is 57.8 Å². The topological polar surface area (TPSA) is 129 Å². The van der Waals surface area contributed by atoms with Crippen LogP contribution < -0.4 is 10.1 Å². The second kappa shape index (κ2) is 15.1. The zero-order valence-electron chi connectivity index (χ0n) is 24.2. The first-order chi connectivity index (χ1) is 22.2. The van der Waals surface area contributed by atoms with Gasteiger partial charge in [-0.25, -0.2) is 4.99 Å². The maximum absolute atomic E-state index is 14.5. The number of nitrogens with zero attached hydrogens (tertiary/aromatic N) is 4. The van der Waals surface area contributed by atoms with Gasteiger partial charge < -0.3 is 19.9 Å². The van der Waals surface area contributed by atoms with E-state index in [1.807, 2.05) is 0 Å². The third kappa shape index (κ3) is 7.53. The summed E-state index contributed by atoms with van der Waals surface area (Å²) in [6, 6.07) is 24.0. The van der Waals surface area contributed by atoms with Crippen molar-refractivity contribution in [1.29, 1.82) is 0 Å². The summed E-state index contributed by atoms with van der Waals surface area (Å²) in [7, 11) is 0. The zero-order chi connectivity index (χ0) is 32.7. The lowest BCUT2D eigenvalue weighted by Gasteiger charge is -2.31. The van der Waals surface area contributed by atoms with Crippen LogP contribution in [0.15, 0.2) is 95.0 Å². The maximum atomic E-state index is 14.5. The molecule has 2 atom stereocenters. The van der Waals surface area contributed by atoms with Crippen LogP contribution in [0.2, 0.25) is 20.1 Å². The van der Waals surface area contributed by atoms with E-state index in [9.17, 15) is 10.3 Å². The fourth-order valence-corrected chi connectivity index (χ4v) is 5.88. The van der Waals surface area contributed by atoms with Crippen LogP contribution in [-0.2, 0) is 22.5 Å². The van der Waals surface area contributed by atoms with Crippen LogP contribution in [0.25, 0.3) is 10.4 Å². The number of benzene rings is 4. The number of halogens is 4. The van der Waals surface area contributed by atoms with Crippen molar-refractivity contribution < 1.29 is 19.4 Å². The van der Waals surface area contributed by atoms with Gasteiger partial charge in [-0.2, -0.15) is 0 Å². The largest absolute Gasteiger partial charge is 0.494 e. The predicted molar refractivity (Wildman–Crippen MR) is 180 cm³/mol. The number of ether oxygens (including phenoxy) is 2. The number of amides is 1. The Kier molecular flexibility index (Phi) is 11.0. The van der Waals surface area contributed by atoms with Crippen molar-refractivity contribution >= 4 is 63.9 Å². The van der Waals surface area contributed by atoms with Crippen molar-refractivity contribution in [3.63, 3.8) is 0 Å². The Labute approximate surface area is 285 Å². The average Bonchev–Trinajstić information content (AvgIpc) is 3.43. The van der Waals surface area contributed by atoms with E-state index in [0.717, 1.165) is 0 Å². The summed E-state index contributed by atoms with van der Waals surface area (Å²) in [5.41, 5.74) is 10.3. The van der Waals surface area contributed by atoms with E-state index in [-0.39, 0.29) is 30.5 Å². The molecule has 5 rings (SSSR count). The van der Waals surface area contributed by atoms with Crippen molar-refractivity contribution in [2.24, 2.45) is 10.1 Å². The molecule has 1 amide bonds. The number of carbonyl (C=O) groups excluding carboxylic acids is 1.